The molecule has 2 aliphatic heterocycles. The average molecular weight is 334 g/mol. The van der Waals surface area contributed by atoms with Crippen molar-refractivity contribution in [2.24, 2.45) is 0 Å². The van der Waals surface area contributed by atoms with Gasteiger partial charge in [-0.05, 0) is 54.7 Å². The van der Waals surface area contributed by atoms with Gasteiger partial charge in [-0.15, -0.1) is 0 Å². The molecule has 0 atom stereocenters. The van der Waals surface area contributed by atoms with Gasteiger partial charge in [0, 0.05) is 37.3 Å². The molecule has 2 aliphatic rings. The van der Waals surface area contributed by atoms with Crippen LogP contribution < -0.4 is 0 Å². The molecule has 2 aromatic carbocycles. The number of carbonyl (C=O) groups excluding carboxylic acids is 2. The number of nitrogens with zero attached hydrogens (tertiary/aromatic N) is 2. The average Bonchev–Trinajstić information content (AvgIpc) is 3.21. The summed E-state index contributed by atoms with van der Waals surface area (Å²) in [6.07, 6.45) is 3.06. The largest absolute Gasteiger partial charge is 0.339 e. The monoisotopic (exact) mass is 334 g/mol. The molecule has 25 heavy (non-hydrogen) atoms. The summed E-state index contributed by atoms with van der Waals surface area (Å²) in [7, 11) is 0. The van der Waals surface area contributed by atoms with Gasteiger partial charge < -0.3 is 9.80 Å². The second-order valence-corrected chi connectivity index (χ2v) is 6.82. The quantitative estimate of drug-likeness (QED) is 0.847. The van der Waals surface area contributed by atoms with Crippen molar-refractivity contribution in [2.75, 3.05) is 19.6 Å². The van der Waals surface area contributed by atoms with Crippen molar-refractivity contribution in [2.45, 2.75) is 25.8 Å². The van der Waals surface area contributed by atoms with Crippen LogP contribution >= 0.6 is 0 Å². The van der Waals surface area contributed by atoms with E-state index in [4.69, 9.17) is 0 Å². The number of likely N-dealkylation sites (tertiary alicyclic amines) is 1. The molecule has 4 nitrogen and oxygen atoms in total. The Morgan fingerprint density at radius 1 is 0.680 bits per heavy atom. The first kappa shape index (κ1) is 15.9. The number of carbonyl (C=O) groups is 2. The van der Waals surface area contributed by atoms with Gasteiger partial charge in [0.25, 0.3) is 11.8 Å². The van der Waals surface area contributed by atoms with E-state index in [1.54, 1.807) is 24.3 Å². The molecule has 1 fully saturated rings. The van der Waals surface area contributed by atoms with Crippen molar-refractivity contribution in [1.82, 2.24) is 9.80 Å². The second kappa shape index (κ2) is 6.71. The van der Waals surface area contributed by atoms with Crippen LogP contribution in [0.2, 0.25) is 0 Å². The molecule has 4 rings (SSSR count). The Kier molecular flexibility index (Phi) is 4.26. The lowest BCUT2D eigenvalue weighted by Gasteiger charge is -2.29. The van der Waals surface area contributed by atoms with E-state index in [0.29, 0.717) is 17.7 Å². The number of fused-ring (bicyclic) bond motifs is 1. The SMILES string of the molecule is O=C(c1ccc(C(=O)N2CCc3ccccc3C2)cc1)N1CCCC1. The summed E-state index contributed by atoms with van der Waals surface area (Å²) >= 11 is 0. The Balaban J connectivity index is 1.47. The fraction of sp³-hybridized carbons (Fsp3) is 0.333. The van der Waals surface area contributed by atoms with Crippen LogP contribution in [0.25, 0.3) is 0 Å². The molecule has 4 heteroatoms. The molecular formula is C21H22N2O2. The van der Waals surface area contributed by atoms with Crippen molar-refractivity contribution in [3.05, 3.63) is 70.8 Å². The van der Waals surface area contributed by atoms with Gasteiger partial charge in [0.05, 0.1) is 0 Å². The molecule has 128 valence electrons. The molecule has 2 aromatic rings. The van der Waals surface area contributed by atoms with Crippen LogP contribution in [0.5, 0.6) is 0 Å². The molecule has 0 aromatic heterocycles. The maximum Gasteiger partial charge on any atom is 0.254 e. The number of amides is 2. The first-order valence-electron chi connectivity index (χ1n) is 8.98. The Morgan fingerprint density at radius 3 is 1.88 bits per heavy atom. The zero-order valence-electron chi connectivity index (χ0n) is 14.3. The van der Waals surface area contributed by atoms with E-state index in [1.807, 2.05) is 21.9 Å². The molecule has 0 N–H and O–H groups in total. The van der Waals surface area contributed by atoms with Gasteiger partial charge in [0.1, 0.15) is 0 Å². The standard InChI is InChI=1S/C21H22N2O2/c24-20(22-12-3-4-13-22)17-7-9-18(10-8-17)21(25)23-14-11-16-5-1-2-6-19(16)15-23/h1-2,5-10H,3-4,11-15H2. The normalized spacial score (nSPS) is 16.6. The second-order valence-electron chi connectivity index (χ2n) is 6.82. The predicted octanol–water partition coefficient (Wildman–Crippen LogP) is 3.12. The lowest BCUT2D eigenvalue weighted by molar-refractivity contribution is 0.0732. The van der Waals surface area contributed by atoms with E-state index < -0.39 is 0 Å². The van der Waals surface area contributed by atoms with E-state index in [1.165, 1.54) is 11.1 Å². The molecule has 1 saturated heterocycles. The van der Waals surface area contributed by atoms with Crippen molar-refractivity contribution in [3.63, 3.8) is 0 Å². The lowest BCUT2D eigenvalue weighted by Crippen LogP contribution is -2.36. The third-order valence-corrected chi connectivity index (χ3v) is 5.19. The van der Waals surface area contributed by atoms with Crippen LogP contribution in [0.1, 0.15) is 44.7 Å². The van der Waals surface area contributed by atoms with Gasteiger partial charge in [-0.3, -0.25) is 9.59 Å². The minimum absolute atomic E-state index is 0.0367. The fourth-order valence-corrected chi connectivity index (χ4v) is 3.71. The lowest BCUT2D eigenvalue weighted by atomic mass is 9.99. The molecular weight excluding hydrogens is 312 g/mol. The molecule has 0 aliphatic carbocycles. The van der Waals surface area contributed by atoms with Gasteiger partial charge in [0.2, 0.25) is 0 Å². The van der Waals surface area contributed by atoms with E-state index in [2.05, 4.69) is 12.1 Å². The Hall–Kier alpha value is -2.62. The zero-order valence-corrected chi connectivity index (χ0v) is 14.3. The summed E-state index contributed by atoms with van der Waals surface area (Å²) in [5.41, 5.74) is 3.88. The van der Waals surface area contributed by atoms with E-state index in [9.17, 15) is 9.59 Å². The maximum absolute atomic E-state index is 12.8. The van der Waals surface area contributed by atoms with Gasteiger partial charge in [-0.25, -0.2) is 0 Å². The summed E-state index contributed by atoms with van der Waals surface area (Å²) < 4.78 is 0. The Morgan fingerprint density at radius 2 is 1.24 bits per heavy atom. The minimum atomic E-state index is 0.0367. The van der Waals surface area contributed by atoms with Crippen LogP contribution in [0.15, 0.2) is 48.5 Å². The van der Waals surface area contributed by atoms with E-state index >= 15 is 0 Å². The summed E-state index contributed by atoms with van der Waals surface area (Å²) in [5.74, 6) is 0.109. The third kappa shape index (κ3) is 3.16. The molecule has 0 bridgehead atoms. The smallest absolute Gasteiger partial charge is 0.254 e. The van der Waals surface area contributed by atoms with Crippen molar-refractivity contribution in [3.8, 4) is 0 Å². The van der Waals surface area contributed by atoms with Crippen LogP contribution in [0.4, 0.5) is 0 Å². The Labute approximate surface area is 148 Å². The third-order valence-electron chi connectivity index (χ3n) is 5.19. The predicted molar refractivity (Wildman–Crippen MR) is 96.5 cm³/mol. The topological polar surface area (TPSA) is 40.6 Å². The highest BCUT2D eigenvalue weighted by atomic mass is 16.2. The zero-order chi connectivity index (χ0) is 17.2. The first-order chi connectivity index (χ1) is 12.2. The van der Waals surface area contributed by atoms with Gasteiger partial charge in [0.15, 0.2) is 0 Å². The highest BCUT2D eigenvalue weighted by Gasteiger charge is 2.23. The first-order valence-corrected chi connectivity index (χ1v) is 8.98. The van der Waals surface area contributed by atoms with Crippen molar-refractivity contribution >= 4 is 11.8 Å². The van der Waals surface area contributed by atoms with Crippen LogP contribution in [-0.4, -0.2) is 41.2 Å². The Bertz CT molecular complexity index is 792. The van der Waals surface area contributed by atoms with Gasteiger partial charge in [-0.2, -0.15) is 0 Å². The molecule has 2 heterocycles. The number of hydrogen-bond acceptors (Lipinski definition) is 2. The number of rotatable bonds is 2. The number of hydrogen-bond donors (Lipinski definition) is 0. The minimum Gasteiger partial charge on any atom is -0.339 e. The van der Waals surface area contributed by atoms with Crippen molar-refractivity contribution < 1.29 is 9.59 Å². The molecule has 0 spiro atoms. The van der Waals surface area contributed by atoms with Crippen LogP contribution in [0.3, 0.4) is 0 Å². The summed E-state index contributed by atoms with van der Waals surface area (Å²) in [4.78, 5) is 29.0. The fourth-order valence-electron chi connectivity index (χ4n) is 3.71. The molecule has 0 unspecified atom stereocenters. The molecule has 0 radical (unpaired) electrons. The molecule has 0 saturated carbocycles. The maximum atomic E-state index is 12.8. The van der Waals surface area contributed by atoms with E-state index in [0.717, 1.165) is 38.9 Å². The molecule has 2 amide bonds. The number of benzene rings is 2. The summed E-state index contributed by atoms with van der Waals surface area (Å²) in [6, 6.07) is 15.4. The summed E-state index contributed by atoms with van der Waals surface area (Å²) in [6.45, 7) is 3.08. The van der Waals surface area contributed by atoms with Crippen LogP contribution in [-0.2, 0) is 13.0 Å². The van der Waals surface area contributed by atoms with E-state index in [-0.39, 0.29) is 11.8 Å². The van der Waals surface area contributed by atoms with Crippen LogP contribution in [0, 0.1) is 0 Å². The van der Waals surface area contributed by atoms with Crippen molar-refractivity contribution in [1.29, 1.82) is 0 Å². The van der Waals surface area contributed by atoms with Gasteiger partial charge in [-0.1, -0.05) is 24.3 Å². The highest BCUT2D eigenvalue weighted by molar-refractivity contribution is 5.98. The van der Waals surface area contributed by atoms with Gasteiger partial charge >= 0.3 is 0 Å². The highest BCUT2D eigenvalue weighted by Crippen LogP contribution is 2.21. The summed E-state index contributed by atoms with van der Waals surface area (Å²) in [5, 5.41) is 0.